The van der Waals surface area contributed by atoms with Gasteiger partial charge in [-0.15, -0.1) is 0 Å². The summed E-state index contributed by atoms with van der Waals surface area (Å²) < 4.78 is 44.1. The second-order valence-electron chi connectivity index (χ2n) is 6.31. The zero-order valence-corrected chi connectivity index (χ0v) is 16.6. The molecule has 0 heterocycles. The van der Waals surface area contributed by atoms with Crippen LogP contribution in [0.2, 0.25) is 5.02 Å². The van der Waals surface area contributed by atoms with Crippen molar-refractivity contribution >= 4 is 23.3 Å². The number of likely N-dealkylation sites (N-methyl/N-ethyl adjacent to an activating group) is 1. The van der Waals surface area contributed by atoms with Gasteiger partial charge in [0.15, 0.2) is 0 Å². The number of hydrogen-bond acceptors (Lipinski definition) is 2. The predicted molar refractivity (Wildman–Crippen MR) is 104 cm³/mol. The molecule has 0 aromatic heterocycles. The van der Waals surface area contributed by atoms with Crippen molar-refractivity contribution in [2.75, 3.05) is 19.0 Å². The average Bonchev–Trinajstić information content (AvgIpc) is 2.63. The second-order valence-corrected chi connectivity index (χ2v) is 6.72. The Morgan fingerprint density at radius 2 is 1.86 bits per heavy atom. The number of hydrogen-bond donors (Lipinski definition) is 1. The molecule has 0 bridgehead atoms. The minimum atomic E-state index is -4.59. The first-order valence-electron chi connectivity index (χ1n) is 8.73. The van der Waals surface area contributed by atoms with Crippen molar-refractivity contribution < 1.29 is 22.7 Å². The predicted octanol–water partition coefficient (Wildman–Crippen LogP) is 5.85. The minimum absolute atomic E-state index is 0.0387. The van der Waals surface area contributed by atoms with E-state index in [2.05, 4.69) is 5.32 Å². The van der Waals surface area contributed by atoms with Gasteiger partial charge in [0, 0.05) is 18.3 Å². The molecule has 0 aliphatic rings. The minimum Gasteiger partial charge on any atom is -0.497 e. The smallest absolute Gasteiger partial charge is 0.417 e. The molecule has 4 nitrogen and oxygen atoms in total. The molecule has 0 aliphatic heterocycles. The molecule has 2 amide bonds. The van der Waals surface area contributed by atoms with Gasteiger partial charge < -0.3 is 15.0 Å². The number of ether oxygens (including phenoxy) is 1. The van der Waals surface area contributed by atoms with Crippen LogP contribution in [0.3, 0.4) is 0 Å². The van der Waals surface area contributed by atoms with Crippen LogP contribution in [0.15, 0.2) is 42.5 Å². The summed E-state index contributed by atoms with van der Waals surface area (Å²) >= 11 is 5.62. The second kappa shape index (κ2) is 9.19. The lowest BCUT2D eigenvalue weighted by Crippen LogP contribution is -2.42. The van der Waals surface area contributed by atoms with Gasteiger partial charge in [0.2, 0.25) is 0 Å². The van der Waals surface area contributed by atoms with E-state index in [1.54, 1.807) is 12.0 Å². The number of amides is 2. The molecule has 8 heteroatoms. The Kier molecular flexibility index (Phi) is 7.18. The van der Waals surface area contributed by atoms with Crippen LogP contribution in [0.1, 0.15) is 25.0 Å². The molecule has 0 aliphatic carbocycles. The third-order valence-electron chi connectivity index (χ3n) is 4.35. The van der Waals surface area contributed by atoms with Gasteiger partial charge in [0.1, 0.15) is 5.75 Å². The van der Waals surface area contributed by atoms with Crippen LogP contribution < -0.4 is 10.1 Å². The normalized spacial score (nSPS) is 12.4. The fourth-order valence-corrected chi connectivity index (χ4v) is 3.11. The molecule has 28 heavy (non-hydrogen) atoms. The number of nitrogens with one attached hydrogen (secondary N) is 1. The van der Waals surface area contributed by atoms with E-state index in [4.69, 9.17) is 16.3 Å². The van der Waals surface area contributed by atoms with Gasteiger partial charge in [-0.1, -0.05) is 23.7 Å². The molecule has 1 unspecified atom stereocenters. The van der Waals surface area contributed by atoms with Gasteiger partial charge in [-0.3, -0.25) is 0 Å². The number of nitrogens with zero attached hydrogens (tertiary/aromatic N) is 1. The van der Waals surface area contributed by atoms with Gasteiger partial charge in [-0.25, -0.2) is 4.79 Å². The van der Waals surface area contributed by atoms with Crippen LogP contribution in [0, 0.1) is 0 Å². The van der Waals surface area contributed by atoms with E-state index >= 15 is 0 Å². The Labute approximate surface area is 167 Å². The number of rotatable bonds is 6. The first-order valence-corrected chi connectivity index (χ1v) is 9.10. The molecule has 0 fully saturated rings. The number of carbonyl (C=O) groups excluding carboxylic acids is 1. The maximum Gasteiger partial charge on any atom is 0.417 e. The van der Waals surface area contributed by atoms with Crippen molar-refractivity contribution in [3.63, 3.8) is 0 Å². The fourth-order valence-electron chi connectivity index (χ4n) is 2.88. The zero-order valence-electron chi connectivity index (χ0n) is 15.8. The Balaban J connectivity index is 2.10. The first-order chi connectivity index (χ1) is 13.2. The van der Waals surface area contributed by atoms with Crippen molar-refractivity contribution in [1.29, 1.82) is 0 Å². The van der Waals surface area contributed by atoms with Crippen LogP contribution in [-0.2, 0) is 12.6 Å². The maximum absolute atomic E-state index is 13.0. The number of methoxy groups -OCH3 is 1. The van der Waals surface area contributed by atoms with Crippen molar-refractivity contribution in [3.05, 3.63) is 58.6 Å². The lowest BCUT2D eigenvalue weighted by molar-refractivity contribution is -0.137. The van der Waals surface area contributed by atoms with Crippen LogP contribution in [0.5, 0.6) is 5.75 Å². The largest absolute Gasteiger partial charge is 0.497 e. The van der Waals surface area contributed by atoms with Crippen molar-refractivity contribution in [2.45, 2.75) is 32.5 Å². The van der Waals surface area contributed by atoms with E-state index < -0.39 is 22.8 Å². The maximum atomic E-state index is 13.0. The molecule has 0 radical (unpaired) electrons. The summed E-state index contributed by atoms with van der Waals surface area (Å²) in [5.74, 6) is 0.740. The molecule has 2 aromatic rings. The van der Waals surface area contributed by atoms with Crippen LogP contribution in [-0.4, -0.2) is 30.6 Å². The van der Waals surface area contributed by atoms with E-state index in [0.717, 1.165) is 23.4 Å². The summed E-state index contributed by atoms with van der Waals surface area (Å²) in [6.07, 6.45) is -4.00. The molecule has 1 N–H and O–H groups in total. The summed E-state index contributed by atoms with van der Waals surface area (Å²) in [7, 11) is 1.59. The van der Waals surface area contributed by atoms with E-state index in [0.29, 0.717) is 13.0 Å². The van der Waals surface area contributed by atoms with Gasteiger partial charge in [-0.05, 0) is 56.2 Å². The van der Waals surface area contributed by atoms with E-state index in [9.17, 15) is 18.0 Å². The van der Waals surface area contributed by atoms with Crippen LogP contribution in [0.25, 0.3) is 0 Å². The Morgan fingerprint density at radius 3 is 2.39 bits per heavy atom. The van der Waals surface area contributed by atoms with Gasteiger partial charge in [0.05, 0.1) is 17.7 Å². The third-order valence-corrected chi connectivity index (χ3v) is 4.68. The van der Waals surface area contributed by atoms with Gasteiger partial charge in [0.25, 0.3) is 0 Å². The molecule has 152 valence electrons. The van der Waals surface area contributed by atoms with E-state index in [1.165, 1.54) is 6.07 Å². The molecule has 2 rings (SSSR count). The average molecular weight is 415 g/mol. The third kappa shape index (κ3) is 5.55. The summed E-state index contributed by atoms with van der Waals surface area (Å²) in [5.41, 5.74) is 0.0727. The standard InChI is InChI=1S/C20H22ClF3N2O2/c1-4-26(13(2)11-14-5-8-16(28-3)9-6-14)19(27)25-15-7-10-18(21)17(12-15)20(22,23)24/h5-10,12-13H,4,11H2,1-3H3,(H,25,27). The number of anilines is 1. The topological polar surface area (TPSA) is 41.6 Å². The van der Waals surface area contributed by atoms with Crippen LogP contribution in [0.4, 0.5) is 23.7 Å². The molecular formula is C20H22ClF3N2O2. The number of alkyl halides is 3. The fraction of sp³-hybridized carbons (Fsp3) is 0.350. The Bertz CT molecular complexity index is 810. The molecular weight excluding hydrogens is 393 g/mol. The van der Waals surface area contributed by atoms with Crippen molar-refractivity contribution in [2.24, 2.45) is 0 Å². The molecule has 0 saturated carbocycles. The number of urea groups is 1. The highest BCUT2D eigenvalue weighted by molar-refractivity contribution is 6.31. The van der Waals surface area contributed by atoms with E-state index in [1.807, 2.05) is 38.1 Å². The molecule has 0 spiro atoms. The van der Waals surface area contributed by atoms with Gasteiger partial charge >= 0.3 is 12.2 Å². The van der Waals surface area contributed by atoms with Gasteiger partial charge in [-0.2, -0.15) is 13.2 Å². The lowest BCUT2D eigenvalue weighted by Gasteiger charge is -2.28. The lowest BCUT2D eigenvalue weighted by atomic mass is 10.1. The molecule has 2 aromatic carbocycles. The first kappa shape index (κ1) is 21.9. The number of benzene rings is 2. The quantitative estimate of drug-likeness (QED) is 0.644. The zero-order chi connectivity index (χ0) is 20.9. The summed E-state index contributed by atoms with van der Waals surface area (Å²) in [5, 5.41) is 2.11. The SMILES string of the molecule is CCN(C(=O)Nc1ccc(Cl)c(C(F)(F)F)c1)C(C)Cc1ccc(OC)cc1. The molecule has 1 atom stereocenters. The van der Waals surface area contributed by atoms with Crippen molar-refractivity contribution in [1.82, 2.24) is 4.90 Å². The Morgan fingerprint density at radius 1 is 1.21 bits per heavy atom. The highest BCUT2D eigenvalue weighted by Gasteiger charge is 2.33. The summed E-state index contributed by atoms with van der Waals surface area (Å²) in [4.78, 5) is 14.2. The monoisotopic (exact) mass is 414 g/mol. The van der Waals surface area contributed by atoms with E-state index in [-0.39, 0.29) is 11.7 Å². The number of halogens is 4. The van der Waals surface area contributed by atoms with Crippen molar-refractivity contribution in [3.8, 4) is 5.75 Å². The Hall–Kier alpha value is -2.41. The molecule has 0 saturated heterocycles. The highest BCUT2D eigenvalue weighted by Crippen LogP contribution is 2.36. The summed E-state index contributed by atoms with van der Waals surface area (Å²) in [6, 6.07) is 10.2. The van der Waals surface area contributed by atoms with Crippen LogP contribution >= 0.6 is 11.6 Å². The highest BCUT2D eigenvalue weighted by atomic mass is 35.5. The number of carbonyl (C=O) groups is 1. The summed E-state index contributed by atoms with van der Waals surface area (Å²) in [6.45, 7) is 4.10.